The lowest BCUT2D eigenvalue weighted by molar-refractivity contribution is 0.0950. The molecule has 0 unspecified atom stereocenters. The van der Waals surface area contributed by atoms with E-state index in [1.165, 1.54) is 25.5 Å². The summed E-state index contributed by atoms with van der Waals surface area (Å²) in [6, 6.07) is 9.57. The SMILES string of the molecule is COc1cc(C(=O)NCc2ccc3c(c2)CCCN3C)cc(Cl)c1OC. The van der Waals surface area contributed by atoms with Gasteiger partial charge in [-0.05, 0) is 42.2 Å². The number of rotatable bonds is 5. The Morgan fingerprint density at radius 2 is 2.04 bits per heavy atom. The molecular weight excluding hydrogens is 352 g/mol. The van der Waals surface area contributed by atoms with Crippen molar-refractivity contribution in [1.29, 1.82) is 0 Å². The molecule has 0 aromatic heterocycles. The van der Waals surface area contributed by atoms with E-state index in [0.29, 0.717) is 28.6 Å². The molecule has 0 saturated carbocycles. The Hall–Kier alpha value is -2.40. The summed E-state index contributed by atoms with van der Waals surface area (Å²) in [6.45, 7) is 1.55. The number of amides is 1. The predicted molar refractivity (Wildman–Crippen MR) is 104 cm³/mol. The van der Waals surface area contributed by atoms with Gasteiger partial charge in [-0.1, -0.05) is 23.7 Å². The lowest BCUT2D eigenvalue weighted by atomic mass is 9.99. The Kier molecular flexibility index (Phi) is 5.57. The number of carbonyl (C=O) groups is 1. The van der Waals surface area contributed by atoms with Gasteiger partial charge in [-0.25, -0.2) is 0 Å². The van der Waals surface area contributed by atoms with Gasteiger partial charge in [-0.15, -0.1) is 0 Å². The Morgan fingerprint density at radius 1 is 1.23 bits per heavy atom. The fourth-order valence-electron chi connectivity index (χ4n) is 3.28. The number of nitrogens with one attached hydrogen (secondary N) is 1. The second-order valence-electron chi connectivity index (χ2n) is 6.36. The van der Waals surface area contributed by atoms with Gasteiger partial charge in [0.05, 0.1) is 19.2 Å². The van der Waals surface area contributed by atoms with Gasteiger partial charge in [0.25, 0.3) is 5.91 Å². The van der Waals surface area contributed by atoms with Crippen molar-refractivity contribution >= 4 is 23.2 Å². The van der Waals surface area contributed by atoms with Gasteiger partial charge in [0.2, 0.25) is 0 Å². The van der Waals surface area contributed by atoms with Crippen LogP contribution in [-0.4, -0.2) is 33.7 Å². The van der Waals surface area contributed by atoms with Gasteiger partial charge in [0.1, 0.15) is 0 Å². The van der Waals surface area contributed by atoms with E-state index in [1.54, 1.807) is 12.1 Å². The van der Waals surface area contributed by atoms with Crippen molar-refractivity contribution in [2.45, 2.75) is 19.4 Å². The molecule has 1 N–H and O–H groups in total. The molecule has 1 aliphatic rings. The van der Waals surface area contributed by atoms with Gasteiger partial charge in [0.15, 0.2) is 11.5 Å². The summed E-state index contributed by atoms with van der Waals surface area (Å²) in [5, 5.41) is 3.28. The number of ether oxygens (including phenoxy) is 2. The Bertz CT molecular complexity index is 823. The zero-order chi connectivity index (χ0) is 18.7. The van der Waals surface area contributed by atoms with Crippen molar-refractivity contribution < 1.29 is 14.3 Å². The maximum Gasteiger partial charge on any atom is 0.251 e. The molecule has 0 fully saturated rings. The number of nitrogens with zero attached hydrogens (tertiary/aromatic N) is 1. The normalized spacial score (nSPS) is 13.2. The van der Waals surface area contributed by atoms with Crippen molar-refractivity contribution in [3.05, 3.63) is 52.0 Å². The average molecular weight is 375 g/mol. The van der Waals surface area contributed by atoms with Gasteiger partial charge >= 0.3 is 0 Å². The fourth-order valence-corrected chi connectivity index (χ4v) is 3.57. The minimum atomic E-state index is -0.206. The minimum Gasteiger partial charge on any atom is -0.493 e. The molecule has 1 amide bonds. The number of carbonyl (C=O) groups excluding carboxylic acids is 1. The summed E-state index contributed by atoms with van der Waals surface area (Å²) in [4.78, 5) is 14.8. The molecule has 6 heteroatoms. The maximum atomic E-state index is 12.5. The molecule has 26 heavy (non-hydrogen) atoms. The first-order chi connectivity index (χ1) is 12.5. The highest BCUT2D eigenvalue weighted by Gasteiger charge is 2.16. The number of methoxy groups -OCH3 is 2. The van der Waals surface area contributed by atoms with Gasteiger partial charge in [-0.3, -0.25) is 4.79 Å². The van der Waals surface area contributed by atoms with E-state index in [0.717, 1.165) is 24.9 Å². The van der Waals surface area contributed by atoms with Crippen LogP contribution in [0.2, 0.25) is 5.02 Å². The minimum absolute atomic E-state index is 0.206. The third-order valence-electron chi connectivity index (χ3n) is 4.64. The molecule has 0 spiro atoms. The second kappa shape index (κ2) is 7.87. The third kappa shape index (κ3) is 3.73. The third-order valence-corrected chi connectivity index (χ3v) is 4.92. The van der Waals surface area contributed by atoms with Crippen LogP contribution in [0.1, 0.15) is 27.9 Å². The first-order valence-corrected chi connectivity index (χ1v) is 8.94. The Balaban J connectivity index is 1.72. The first kappa shape index (κ1) is 18.4. The fraction of sp³-hybridized carbons (Fsp3) is 0.350. The van der Waals surface area contributed by atoms with Crippen molar-refractivity contribution in [3.63, 3.8) is 0 Å². The summed E-state index contributed by atoms with van der Waals surface area (Å²) in [6.07, 6.45) is 2.23. The largest absolute Gasteiger partial charge is 0.493 e. The van der Waals surface area contributed by atoms with Crippen molar-refractivity contribution in [2.24, 2.45) is 0 Å². The molecule has 0 aliphatic carbocycles. The summed E-state index contributed by atoms with van der Waals surface area (Å²) in [7, 11) is 5.14. The van der Waals surface area contributed by atoms with Gasteiger partial charge in [0, 0.05) is 31.4 Å². The number of anilines is 1. The van der Waals surface area contributed by atoms with Crippen LogP contribution in [0, 0.1) is 0 Å². The van der Waals surface area contributed by atoms with Crippen LogP contribution in [0.3, 0.4) is 0 Å². The molecule has 1 aliphatic heterocycles. The highest BCUT2D eigenvalue weighted by molar-refractivity contribution is 6.32. The lowest BCUT2D eigenvalue weighted by Crippen LogP contribution is -2.25. The molecule has 0 bridgehead atoms. The van der Waals surface area contributed by atoms with Gasteiger partial charge in [-0.2, -0.15) is 0 Å². The first-order valence-electron chi connectivity index (χ1n) is 8.56. The molecule has 3 rings (SSSR count). The highest BCUT2D eigenvalue weighted by atomic mass is 35.5. The Morgan fingerprint density at radius 3 is 2.77 bits per heavy atom. The van der Waals surface area contributed by atoms with E-state index in [1.807, 2.05) is 0 Å². The number of fused-ring (bicyclic) bond motifs is 1. The van der Waals surface area contributed by atoms with Crippen molar-refractivity contribution in [1.82, 2.24) is 5.32 Å². The molecule has 5 nitrogen and oxygen atoms in total. The van der Waals surface area contributed by atoms with E-state index in [-0.39, 0.29) is 5.91 Å². The number of benzene rings is 2. The van der Waals surface area contributed by atoms with Crippen LogP contribution in [0.25, 0.3) is 0 Å². The topological polar surface area (TPSA) is 50.8 Å². The number of aryl methyl sites for hydroxylation is 1. The average Bonchev–Trinajstić information content (AvgIpc) is 2.65. The quantitative estimate of drug-likeness (QED) is 0.867. The van der Waals surface area contributed by atoms with E-state index in [2.05, 4.69) is 35.5 Å². The smallest absolute Gasteiger partial charge is 0.251 e. The van der Waals surface area contributed by atoms with Crippen molar-refractivity contribution in [3.8, 4) is 11.5 Å². The molecule has 2 aromatic rings. The summed E-state index contributed by atoms with van der Waals surface area (Å²) >= 11 is 6.18. The standard InChI is InChI=1S/C20H23ClN2O3/c1-23-8-4-5-14-9-13(6-7-17(14)23)12-22-20(24)15-10-16(21)19(26-3)18(11-15)25-2/h6-7,9-11H,4-5,8,12H2,1-3H3,(H,22,24). The summed E-state index contributed by atoms with van der Waals surface area (Å²) < 4.78 is 10.4. The summed E-state index contributed by atoms with van der Waals surface area (Å²) in [5.41, 5.74) is 4.13. The lowest BCUT2D eigenvalue weighted by Gasteiger charge is -2.27. The van der Waals surface area contributed by atoms with Crippen LogP contribution in [0.15, 0.2) is 30.3 Å². The summed E-state index contributed by atoms with van der Waals surface area (Å²) in [5.74, 6) is 0.647. The molecule has 0 saturated heterocycles. The van der Waals surface area contributed by atoms with Crippen LogP contribution in [0.4, 0.5) is 5.69 Å². The van der Waals surface area contributed by atoms with Crippen LogP contribution >= 0.6 is 11.6 Å². The molecule has 138 valence electrons. The van der Waals surface area contributed by atoms with Crippen molar-refractivity contribution in [2.75, 3.05) is 32.7 Å². The zero-order valence-electron chi connectivity index (χ0n) is 15.3. The van der Waals surface area contributed by atoms with E-state index < -0.39 is 0 Å². The van der Waals surface area contributed by atoms with E-state index in [4.69, 9.17) is 21.1 Å². The van der Waals surface area contributed by atoms with E-state index in [9.17, 15) is 4.79 Å². The number of hydrogen-bond donors (Lipinski definition) is 1. The Labute approximate surface area is 158 Å². The molecule has 0 atom stereocenters. The van der Waals surface area contributed by atoms with Crippen LogP contribution < -0.4 is 19.7 Å². The molecule has 2 aromatic carbocycles. The zero-order valence-corrected chi connectivity index (χ0v) is 16.0. The molecular formula is C20H23ClN2O3. The highest BCUT2D eigenvalue weighted by Crippen LogP contribution is 2.36. The second-order valence-corrected chi connectivity index (χ2v) is 6.77. The maximum absolute atomic E-state index is 12.5. The van der Waals surface area contributed by atoms with Crippen LogP contribution in [-0.2, 0) is 13.0 Å². The number of hydrogen-bond acceptors (Lipinski definition) is 4. The predicted octanol–water partition coefficient (Wildman–Crippen LogP) is 3.67. The molecule has 1 heterocycles. The van der Waals surface area contributed by atoms with Gasteiger partial charge < -0.3 is 19.7 Å². The van der Waals surface area contributed by atoms with Crippen LogP contribution in [0.5, 0.6) is 11.5 Å². The van der Waals surface area contributed by atoms with E-state index >= 15 is 0 Å². The molecule has 0 radical (unpaired) electrons. The number of halogens is 1. The monoisotopic (exact) mass is 374 g/mol.